The Bertz CT molecular complexity index is 917. The highest BCUT2D eigenvalue weighted by molar-refractivity contribution is 5.84. The van der Waals surface area contributed by atoms with E-state index in [-0.39, 0.29) is 11.9 Å². The number of hydrogen-bond donors (Lipinski definition) is 3. The Morgan fingerprint density at radius 1 is 1.31 bits per heavy atom. The molecule has 2 aromatic carbocycles. The fraction of sp³-hybridized carbons (Fsp3) is 0.300. The average Bonchev–Trinajstić information content (AvgIpc) is 3.30. The summed E-state index contributed by atoms with van der Waals surface area (Å²) in [5.41, 5.74) is 10.3. The molecule has 4 N–H and O–H groups in total. The van der Waals surface area contributed by atoms with E-state index in [0.29, 0.717) is 6.54 Å². The van der Waals surface area contributed by atoms with Crippen LogP contribution in [0.5, 0.6) is 0 Å². The van der Waals surface area contributed by atoms with Gasteiger partial charge in [0.05, 0.1) is 11.7 Å². The first-order valence-electron chi connectivity index (χ1n) is 8.91. The molecule has 1 saturated heterocycles. The number of rotatable bonds is 4. The number of aromatic nitrogens is 2. The summed E-state index contributed by atoms with van der Waals surface area (Å²) in [6, 6.07) is 13.6. The Labute approximate surface area is 152 Å². The lowest BCUT2D eigenvalue weighted by Gasteiger charge is -2.21. The van der Waals surface area contributed by atoms with E-state index in [4.69, 9.17) is 5.73 Å². The van der Waals surface area contributed by atoms with Crippen LogP contribution in [-0.4, -0.2) is 40.1 Å². The van der Waals surface area contributed by atoms with Crippen LogP contribution < -0.4 is 11.1 Å². The lowest BCUT2D eigenvalue weighted by molar-refractivity contribution is -0.131. The number of anilines is 1. The molecule has 3 aromatic rings. The minimum atomic E-state index is -0.600. The summed E-state index contributed by atoms with van der Waals surface area (Å²) in [4.78, 5) is 14.6. The van der Waals surface area contributed by atoms with Gasteiger partial charge in [0.15, 0.2) is 0 Å². The van der Waals surface area contributed by atoms with Crippen molar-refractivity contribution in [2.45, 2.75) is 25.4 Å². The number of nitrogens with zero attached hydrogens (tertiary/aromatic N) is 2. The molecule has 0 aliphatic carbocycles. The molecule has 0 saturated carbocycles. The second-order valence-electron chi connectivity index (χ2n) is 6.97. The van der Waals surface area contributed by atoms with E-state index in [0.717, 1.165) is 40.7 Å². The van der Waals surface area contributed by atoms with Gasteiger partial charge in [-0.05, 0) is 37.1 Å². The molecule has 134 valence electrons. The Morgan fingerprint density at radius 3 is 2.92 bits per heavy atom. The van der Waals surface area contributed by atoms with Gasteiger partial charge in [0.25, 0.3) is 0 Å². The largest absolute Gasteiger partial charge is 0.380 e. The highest BCUT2D eigenvalue weighted by atomic mass is 16.2. The molecular formula is C20H23N5O. The van der Waals surface area contributed by atoms with E-state index in [9.17, 15) is 4.79 Å². The SMILES string of the molecule is Cc1ccc(C(N)C(=O)N2CCC(Nc3ccc4[nH]ncc4c3)C2)cc1. The lowest BCUT2D eigenvalue weighted by atomic mass is 10.0. The number of aryl methyl sites for hydroxylation is 1. The quantitative estimate of drug-likeness (QED) is 0.676. The maximum atomic E-state index is 12.7. The highest BCUT2D eigenvalue weighted by Crippen LogP contribution is 2.22. The topological polar surface area (TPSA) is 87.0 Å². The van der Waals surface area contributed by atoms with E-state index < -0.39 is 6.04 Å². The summed E-state index contributed by atoms with van der Waals surface area (Å²) in [7, 11) is 0. The monoisotopic (exact) mass is 349 g/mol. The molecular weight excluding hydrogens is 326 g/mol. The third-order valence-electron chi connectivity index (χ3n) is 5.01. The van der Waals surface area contributed by atoms with Crippen molar-refractivity contribution >= 4 is 22.5 Å². The number of carbonyl (C=O) groups is 1. The predicted molar refractivity (Wildman–Crippen MR) is 103 cm³/mol. The van der Waals surface area contributed by atoms with Crippen LogP contribution in [0.4, 0.5) is 5.69 Å². The van der Waals surface area contributed by atoms with E-state index in [2.05, 4.69) is 21.6 Å². The number of hydrogen-bond acceptors (Lipinski definition) is 4. The van der Waals surface area contributed by atoms with Crippen molar-refractivity contribution in [2.24, 2.45) is 5.73 Å². The first kappa shape index (κ1) is 16.6. The van der Waals surface area contributed by atoms with Crippen LogP contribution in [-0.2, 0) is 4.79 Å². The molecule has 1 aromatic heterocycles. The molecule has 4 rings (SSSR count). The van der Waals surface area contributed by atoms with Crippen LogP contribution in [0.25, 0.3) is 10.9 Å². The molecule has 1 aliphatic heterocycles. The Balaban J connectivity index is 1.39. The normalized spacial score (nSPS) is 18.2. The molecule has 6 nitrogen and oxygen atoms in total. The first-order valence-corrected chi connectivity index (χ1v) is 8.91. The van der Waals surface area contributed by atoms with Crippen molar-refractivity contribution < 1.29 is 4.79 Å². The number of carbonyl (C=O) groups excluding carboxylic acids is 1. The smallest absolute Gasteiger partial charge is 0.244 e. The van der Waals surface area contributed by atoms with Gasteiger partial charge in [-0.2, -0.15) is 5.10 Å². The summed E-state index contributed by atoms with van der Waals surface area (Å²) in [5.74, 6) is -0.0107. The summed E-state index contributed by atoms with van der Waals surface area (Å²) >= 11 is 0. The summed E-state index contributed by atoms with van der Waals surface area (Å²) < 4.78 is 0. The molecule has 1 fully saturated rings. The molecule has 0 bridgehead atoms. The van der Waals surface area contributed by atoms with Crippen molar-refractivity contribution in [1.82, 2.24) is 15.1 Å². The zero-order valence-electron chi connectivity index (χ0n) is 14.8. The summed E-state index contributed by atoms with van der Waals surface area (Å²) in [6.07, 6.45) is 2.72. The number of nitrogens with one attached hydrogen (secondary N) is 2. The number of fused-ring (bicyclic) bond motifs is 1. The zero-order chi connectivity index (χ0) is 18.1. The lowest BCUT2D eigenvalue weighted by Crippen LogP contribution is -2.38. The number of amides is 1. The standard InChI is InChI=1S/C20H23N5O/c1-13-2-4-14(5-3-13)19(21)20(26)25-9-8-17(12-25)23-16-6-7-18-15(10-16)11-22-24-18/h2-7,10-11,17,19,23H,8-9,12,21H2,1H3,(H,22,24). The molecule has 1 amide bonds. The number of aromatic amines is 1. The predicted octanol–water partition coefficient (Wildman–Crippen LogP) is 2.58. The van der Waals surface area contributed by atoms with Crippen molar-refractivity contribution in [1.29, 1.82) is 0 Å². The first-order chi connectivity index (χ1) is 12.6. The minimum Gasteiger partial charge on any atom is -0.380 e. The molecule has 2 atom stereocenters. The third kappa shape index (κ3) is 3.28. The number of H-pyrrole nitrogens is 1. The fourth-order valence-corrected chi connectivity index (χ4v) is 3.46. The van der Waals surface area contributed by atoms with Gasteiger partial charge in [-0.3, -0.25) is 9.89 Å². The summed E-state index contributed by atoms with van der Waals surface area (Å²) in [5, 5.41) is 11.6. The zero-order valence-corrected chi connectivity index (χ0v) is 14.8. The van der Waals surface area contributed by atoms with Crippen LogP contribution in [0.2, 0.25) is 0 Å². The number of benzene rings is 2. The Morgan fingerprint density at radius 2 is 2.12 bits per heavy atom. The Hall–Kier alpha value is -2.86. The van der Waals surface area contributed by atoms with E-state index in [1.165, 1.54) is 0 Å². The van der Waals surface area contributed by atoms with Gasteiger partial charge in [0.2, 0.25) is 5.91 Å². The van der Waals surface area contributed by atoms with Crippen LogP contribution in [0.3, 0.4) is 0 Å². The van der Waals surface area contributed by atoms with Crippen molar-refractivity contribution in [3.63, 3.8) is 0 Å². The fourth-order valence-electron chi connectivity index (χ4n) is 3.46. The molecule has 1 aliphatic rings. The molecule has 2 unspecified atom stereocenters. The average molecular weight is 349 g/mol. The van der Waals surface area contributed by atoms with Crippen molar-refractivity contribution in [3.05, 3.63) is 59.8 Å². The maximum Gasteiger partial charge on any atom is 0.244 e. The van der Waals surface area contributed by atoms with Crippen LogP contribution in [0, 0.1) is 6.92 Å². The number of nitrogens with two attached hydrogens (primary N) is 1. The number of likely N-dealkylation sites (tertiary alicyclic amines) is 1. The third-order valence-corrected chi connectivity index (χ3v) is 5.01. The maximum absolute atomic E-state index is 12.7. The minimum absolute atomic E-state index is 0.0107. The van der Waals surface area contributed by atoms with Gasteiger partial charge in [0, 0.05) is 30.2 Å². The van der Waals surface area contributed by atoms with E-state index >= 15 is 0 Å². The Kier molecular flexibility index (Phi) is 4.34. The van der Waals surface area contributed by atoms with Crippen molar-refractivity contribution in [2.75, 3.05) is 18.4 Å². The van der Waals surface area contributed by atoms with E-state index in [1.807, 2.05) is 54.4 Å². The summed E-state index contributed by atoms with van der Waals surface area (Å²) in [6.45, 7) is 3.42. The molecule has 0 radical (unpaired) electrons. The van der Waals surface area contributed by atoms with Gasteiger partial charge in [0.1, 0.15) is 6.04 Å². The van der Waals surface area contributed by atoms with Gasteiger partial charge in [-0.25, -0.2) is 0 Å². The molecule has 2 heterocycles. The van der Waals surface area contributed by atoms with Crippen molar-refractivity contribution in [3.8, 4) is 0 Å². The van der Waals surface area contributed by atoms with Gasteiger partial charge >= 0.3 is 0 Å². The van der Waals surface area contributed by atoms with E-state index in [1.54, 1.807) is 0 Å². The second kappa shape index (κ2) is 6.80. The van der Waals surface area contributed by atoms with Gasteiger partial charge < -0.3 is 16.0 Å². The molecule has 6 heteroatoms. The molecule has 26 heavy (non-hydrogen) atoms. The second-order valence-corrected chi connectivity index (χ2v) is 6.97. The highest BCUT2D eigenvalue weighted by Gasteiger charge is 2.29. The van der Waals surface area contributed by atoms with Crippen LogP contribution in [0.1, 0.15) is 23.6 Å². The van der Waals surface area contributed by atoms with Gasteiger partial charge in [-0.15, -0.1) is 0 Å². The van der Waals surface area contributed by atoms with Crippen LogP contribution >= 0.6 is 0 Å². The van der Waals surface area contributed by atoms with Gasteiger partial charge in [-0.1, -0.05) is 29.8 Å². The molecule has 0 spiro atoms. The van der Waals surface area contributed by atoms with Crippen LogP contribution in [0.15, 0.2) is 48.7 Å².